The van der Waals surface area contributed by atoms with Gasteiger partial charge >= 0.3 is 0 Å². The van der Waals surface area contributed by atoms with Gasteiger partial charge in [0.05, 0.1) is 5.92 Å². The summed E-state index contributed by atoms with van der Waals surface area (Å²) in [6, 6.07) is 10.7. The van der Waals surface area contributed by atoms with Crippen LogP contribution in [0.4, 0.5) is 0 Å². The van der Waals surface area contributed by atoms with E-state index in [-0.39, 0.29) is 11.8 Å². The van der Waals surface area contributed by atoms with Gasteiger partial charge in [-0.3, -0.25) is 4.79 Å². The van der Waals surface area contributed by atoms with Crippen LogP contribution >= 0.6 is 0 Å². The zero-order chi connectivity index (χ0) is 9.97. The Morgan fingerprint density at radius 2 is 2.00 bits per heavy atom. The van der Waals surface area contributed by atoms with Crippen molar-refractivity contribution in [1.82, 2.24) is 5.32 Å². The molecular formula is C12H15NO. The van der Waals surface area contributed by atoms with Gasteiger partial charge in [-0.05, 0) is 18.4 Å². The van der Waals surface area contributed by atoms with Gasteiger partial charge in [-0.2, -0.15) is 0 Å². The van der Waals surface area contributed by atoms with Gasteiger partial charge in [-0.15, -0.1) is 0 Å². The third kappa shape index (κ3) is 1.65. The van der Waals surface area contributed by atoms with E-state index >= 15 is 0 Å². The van der Waals surface area contributed by atoms with Crippen LogP contribution in [-0.4, -0.2) is 11.9 Å². The fourth-order valence-corrected chi connectivity index (χ4v) is 2.01. The van der Waals surface area contributed by atoms with Crippen molar-refractivity contribution < 1.29 is 4.79 Å². The van der Waals surface area contributed by atoms with Crippen molar-refractivity contribution in [3.05, 3.63) is 35.9 Å². The molecule has 1 fully saturated rings. The second-order valence-electron chi connectivity index (χ2n) is 3.82. The van der Waals surface area contributed by atoms with E-state index in [1.807, 2.05) is 18.2 Å². The second-order valence-corrected chi connectivity index (χ2v) is 3.82. The first kappa shape index (κ1) is 9.25. The van der Waals surface area contributed by atoms with Crippen molar-refractivity contribution in [1.29, 1.82) is 0 Å². The molecule has 2 nitrogen and oxygen atoms in total. The molecule has 2 heteroatoms. The summed E-state index contributed by atoms with van der Waals surface area (Å²) in [5.41, 5.74) is 1.30. The average molecular weight is 189 g/mol. The van der Waals surface area contributed by atoms with E-state index in [1.165, 1.54) is 5.56 Å². The molecule has 0 unspecified atom stereocenters. The van der Waals surface area contributed by atoms with Gasteiger partial charge in [-0.25, -0.2) is 0 Å². The van der Waals surface area contributed by atoms with Crippen LogP contribution in [0.1, 0.15) is 18.9 Å². The largest absolute Gasteiger partial charge is 0.352 e. The van der Waals surface area contributed by atoms with Gasteiger partial charge in [-0.1, -0.05) is 37.3 Å². The molecule has 14 heavy (non-hydrogen) atoms. The predicted molar refractivity (Wildman–Crippen MR) is 55.9 cm³/mol. The lowest BCUT2D eigenvalue weighted by Crippen LogP contribution is -2.58. The van der Waals surface area contributed by atoms with Crippen LogP contribution in [0, 0.1) is 5.92 Å². The Labute approximate surface area is 84.3 Å². The topological polar surface area (TPSA) is 29.1 Å². The summed E-state index contributed by atoms with van der Waals surface area (Å²) in [7, 11) is 0. The second kappa shape index (κ2) is 3.82. The fourth-order valence-electron chi connectivity index (χ4n) is 2.01. The molecule has 2 rings (SSSR count). The summed E-state index contributed by atoms with van der Waals surface area (Å²) in [5, 5.41) is 2.95. The zero-order valence-electron chi connectivity index (χ0n) is 8.36. The first-order chi connectivity index (χ1) is 6.81. The maximum absolute atomic E-state index is 11.2. The van der Waals surface area contributed by atoms with Gasteiger partial charge in [0.1, 0.15) is 0 Å². The van der Waals surface area contributed by atoms with Gasteiger partial charge in [0.2, 0.25) is 5.91 Å². The Hall–Kier alpha value is -1.31. The van der Waals surface area contributed by atoms with Gasteiger partial charge in [0.25, 0.3) is 0 Å². The third-order valence-electron chi connectivity index (χ3n) is 2.89. The van der Waals surface area contributed by atoms with Crippen molar-refractivity contribution in [3.63, 3.8) is 0 Å². The molecule has 1 aliphatic rings. The molecule has 1 N–H and O–H groups in total. The molecule has 0 aliphatic carbocycles. The minimum atomic E-state index is 0.216. The summed E-state index contributed by atoms with van der Waals surface area (Å²) in [6.45, 7) is 2.07. The quantitative estimate of drug-likeness (QED) is 0.721. The Morgan fingerprint density at radius 3 is 2.57 bits per heavy atom. The number of β-lactam (4-membered cyclic amide) rings is 1. The highest BCUT2D eigenvalue weighted by Crippen LogP contribution is 2.21. The average Bonchev–Trinajstić information content (AvgIpc) is 2.19. The van der Waals surface area contributed by atoms with Crippen LogP contribution in [0.15, 0.2) is 30.3 Å². The van der Waals surface area contributed by atoms with Crippen molar-refractivity contribution in [2.75, 3.05) is 0 Å². The molecule has 0 radical (unpaired) electrons. The molecule has 74 valence electrons. The third-order valence-corrected chi connectivity index (χ3v) is 2.89. The molecule has 2 atom stereocenters. The molecule has 1 heterocycles. The number of amides is 1. The van der Waals surface area contributed by atoms with E-state index in [1.54, 1.807) is 0 Å². The van der Waals surface area contributed by atoms with E-state index in [0.717, 1.165) is 12.8 Å². The highest BCUT2D eigenvalue weighted by atomic mass is 16.2. The summed E-state index contributed by atoms with van der Waals surface area (Å²) < 4.78 is 0. The summed E-state index contributed by atoms with van der Waals surface area (Å²) in [4.78, 5) is 11.2. The van der Waals surface area contributed by atoms with E-state index in [0.29, 0.717) is 6.04 Å². The first-order valence-electron chi connectivity index (χ1n) is 5.15. The van der Waals surface area contributed by atoms with Crippen molar-refractivity contribution in [2.45, 2.75) is 25.8 Å². The van der Waals surface area contributed by atoms with E-state index in [2.05, 4.69) is 24.4 Å². The van der Waals surface area contributed by atoms with Crippen LogP contribution in [-0.2, 0) is 11.2 Å². The Morgan fingerprint density at radius 1 is 1.29 bits per heavy atom. The van der Waals surface area contributed by atoms with E-state index < -0.39 is 0 Å². The number of carbonyl (C=O) groups excluding carboxylic acids is 1. The molecule has 0 saturated carbocycles. The minimum Gasteiger partial charge on any atom is -0.352 e. The lowest BCUT2D eigenvalue weighted by Gasteiger charge is -2.36. The highest BCUT2D eigenvalue weighted by molar-refractivity contribution is 5.85. The molecule has 1 saturated heterocycles. The molecule has 1 aromatic carbocycles. The Kier molecular flexibility index (Phi) is 2.53. The lowest BCUT2D eigenvalue weighted by atomic mass is 9.84. The first-order valence-corrected chi connectivity index (χ1v) is 5.15. The normalized spacial score (nSPS) is 25.4. The maximum atomic E-state index is 11.2. The standard InChI is InChI=1S/C12H15NO/c1-2-10-11(13-12(10)14)8-9-6-4-3-5-7-9/h3-7,10-11H,2,8H2,1H3,(H,13,14)/t10-,11+/m0/s1. The molecule has 1 aromatic rings. The number of nitrogens with one attached hydrogen (secondary N) is 1. The molecule has 1 amide bonds. The fraction of sp³-hybridized carbons (Fsp3) is 0.417. The smallest absolute Gasteiger partial charge is 0.225 e. The molecule has 0 spiro atoms. The molecule has 0 bridgehead atoms. The Balaban J connectivity index is 1.97. The SMILES string of the molecule is CC[C@@H]1C(=O)N[C@@H]1Cc1ccccc1. The molecule has 1 aliphatic heterocycles. The lowest BCUT2D eigenvalue weighted by molar-refractivity contribution is -0.135. The van der Waals surface area contributed by atoms with Crippen LogP contribution in [0.2, 0.25) is 0 Å². The predicted octanol–water partition coefficient (Wildman–Crippen LogP) is 1.75. The van der Waals surface area contributed by atoms with E-state index in [9.17, 15) is 4.79 Å². The van der Waals surface area contributed by atoms with Crippen LogP contribution < -0.4 is 5.32 Å². The van der Waals surface area contributed by atoms with Crippen molar-refractivity contribution in [3.8, 4) is 0 Å². The number of carbonyl (C=O) groups is 1. The summed E-state index contributed by atoms with van der Waals surface area (Å²) in [5.74, 6) is 0.448. The Bertz CT molecular complexity index is 320. The number of rotatable bonds is 3. The van der Waals surface area contributed by atoms with Crippen LogP contribution in [0.25, 0.3) is 0 Å². The van der Waals surface area contributed by atoms with Crippen LogP contribution in [0.5, 0.6) is 0 Å². The number of hydrogen-bond donors (Lipinski definition) is 1. The van der Waals surface area contributed by atoms with Crippen molar-refractivity contribution >= 4 is 5.91 Å². The molecule has 0 aromatic heterocycles. The zero-order valence-corrected chi connectivity index (χ0v) is 8.36. The van der Waals surface area contributed by atoms with Crippen LogP contribution in [0.3, 0.4) is 0 Å². The van der Waals surface area contributed by atoms with Gasteiger partial charge in [0.15, 0.2) is 0 Å². The summed E-state index contributed by atoms with van der Waals surface area (Å²) >= 11 is 0. The van der Waals surface area contributed by atoms with E-state index in [4.69, 9.17) is 0 Å². The van der Waals surface area contributed by atoms with Gasteiger partial charge in [0, 0.05) is 6.04 Å². The summed E-state index contributed by atoms with van der Waals surface area (Å²) in [6.07, 6.45) is 1.91. The monoisotopic (exact) mass is 189 g/mol. The van der Waals surface area contributed by atoms with Gasteiger partial charge < -0.3 is 5.32 Å². The molecular weight excluding hydrogens is 174 g/mol. The maximum Gasteiger partial charge on any atom is 0.225 e. The van der Waals surface area contributed by atoms with Crippen molar-refractivity contribution in [2.24, 2.45) is 5.92 Å². The number of benzene rings is 1. The number of hydrogen-bond acceptors (Lipinski definition) is 1. The minimum absolute atomic E-state index is 0.216. The highest BCUT2D eigenvalue weighted by Gasteiger charge is 2.37.